The molecule has 0 aliphatic carbocycles. The van der Waals surface area contributed by atoms with E-state index in [1.807, 2.05) is 41.3 Å². The van der Waals surface area contributed by atoms with Gasteiger partial charge in [0, 0.05) is 18.5 Å². The summed E-state index contributed by atoms with van der Waals surface area (Å²) < 4.78 is 4.85. The first-order valence-electron chi connectivity index (χ1n) is 8.92. The first kappa shape index (κ1) is 19.5. The number of nitrogens with zero attached hydrogens (tertiary/aromatic N) is 1. The van der Waals surface area contributed by atoms with Crippen LogP contribution >= 0.6 is 11.8 Å². The minimum atomic E-state index is -0.203. The van der Waals surface area contributed by atoms with Crippen molar-refractivity contribution in [2.24, 2.45) is 0 Å². The molecule has 1 heterocycles. The molecule has 3 rings (SSSR count). The third-order valence-electron chi connectivity index (χ3n) is 4.44. The average molecular weight is 385 g/mol. The Labute approximate surface area is 164 Å². The predicted molar refractivity (Wildman–Crippen MR) is 110 cm³/mol. The van der Waals surface area contributed by atoms with E-state index in [0.717, 1.165) is 11.3 Å². The van der Waals surface area contributed by atoms with E-state index in [-0.39, 0.29) is 23.8 Å². The van der Waals surface area contributed by atoms with E-state index in [1.165, 1.54) is 12.7 Å². The molecule has 0 aromatic heterocycles. The van der Waals surface area contributed by atoms with Crippen LogP contribution in [0.25, 0.3) is 0 Å². The Morgan fingerprint density at radius 1 is 1.26 bits per heavy atom. The molecule has 2 aromatic rings. The van der Waals surface area contributed by atoms with Gasteiger partial charge >= 0.3 is 0 Å². The number of hydrogen-bond donors (Lipinski definition) is 1. The fourth-order valence-corrected chi connectivity index (χ4v) is 4.23. The summed E-state index contributed by atoms with van der Waals surface area (Å²) in [6.07, 6.45) is 0. The van der Waals surface area contributed by atoms with Gasteiger partial charge < -0.3 is 10.1 Å². The molecular formula is C21H24N2O3S. The van der Waals surface area contributed by atoms with Crippen molar-refractivity contribution in [2.45, 2.75) is 25.1 Å². The monoisotopic (exact) mass is 384 g/mol. The predicted octanol–water partition coefficient (Wildman–Crippen LogP) is 4.17. The minimum absolute atomic E-state index is 0.00914. The van der Waals surface area contributed by atoms with E-state index in [9.17, 15) is 9.59 Å². The Morgan fingerprint density at radius 3 is 2.67 bits per heavy atom. The van der Waals surface area contributed by atoms with Crippen molar-refractivity contribution in [1.29, 1.82) is 0 Å². The summed E-state index contributed by atoms with van der Waals surface area (Å²) in [5, 5.41) is 2.71. The molecule has 1 aliphatic heterocycles. The Kier molecular flexibility index (Phi) is 6.19. The number of carbonyl (C=O) groups is 2. The lowest BCUT2D eigenvalue weighted by Gasteiger charge is -2.25. The molecule has 142 valence electrons. The highest BCUT2D eigenvalue weighted by Gasteiger charge is 2.34. The van der Waals surface area contributed by atoms with Gasteiger partial charge in [0.15, 0.2) is 0 Å². The summed E-state index contributed by atoms with van der Waals surface area (Å²) in [5.41, 5.74) is 3.82. The zero-order valence-electron chi connectivity index (χ0n) is 15.8. The van der Waals surface area contributed by atoms with Gasteiger partial charge in [0.25, 0.3) is 0 Å². The highest BCUT2D eigenvalue weighted by atomic mass is 32.2. The van der Waals surface area contributed by atoms with Crippen molar-refractivity contribution >= 4 is 35.0 Å². The lowest BCUT2D eigenvalue weighted by Crippen LogP contribution is -2.27. The third-order valence-corrected chi connectivity index (χ3v) is 5.65. The fraction of sp³-hybridized carbons (Fsp3) is 0.333. The minimum Gasteiger partial charge on any atom is -0.375 e. The molecule has 1 unspecified atom stereocenters. The van der Waals surface area contributed by atoms with Gasteiger partial charge in [0.1, 0.15) is 12.0 Å². The van der Waals surface area contributed by atoms with Gasteiger partial charge in [0.2, 0.25) is 11.8 Å². The van der Waals surface area contributed by atoms with Crippen LogP contribution in [-0.4, -0.2) is 31.3 Å². The van der Waals surface area contributed by atoms with Crippen molar-refractivity contribution in [3.63, 3.8) is 0 Å². The molecule has 27 heavy (non-hydrogen) atoms. The van der Waals surface area contributed by atoms with Gasteiger partial charge in [-0.1, -0.05) is 38.1 Å². The van der Waals surface area contributed by atoms with Crippen molar-refractivity contribution in [3.05, 3.63) is 59.7 Å². The van der Waals surface area contributed by atoms with Crippen LogP contribution in [-0.2, 0) is 14.3 Å². The van der Waals surface area contributed by atoms with Crippen molar-refractivity contribution in [3.8, 4) is 0 Å². The summed E-state index contributed by atoms with van der Waals surface area (Å²) in [6.45, 7) is 4.31. The Balaban J connectivity index is 1.84. The number of amides is 2. The zero-order chi connectivity index (χ0) is 19.4. The summed E-state index contributed by atoms with van der Waals surface area (Å²) in [4.78, 5) is 26.1. The maximum Gasteiger partial charge on any atom is 0.250 e. The molecule has 6 heteroatoms. The van der Waals surface area contributed by atoms with Gasteiger partial charge in [-0.2, -0.15) is 0 Å². The molecule has 1 N–H and O–H groups in total. The van der Waals surface area contributed by atoms with Crippen LogP contribution in [0.2, 0.25) is 0 Å². The van der Waals surface area contributed by atoms with Gasteiger partial charge in [-0.25, -0.2) is 0 Å². The summed E-state index contributed by atoms with van der Waals surface area (Å²) >= 11 is 1.59. The Bertz CT molecular complexity index is 820. The first-order chi connectivity index (χ1) is 13.0. The molecule has 5 nitrogen and oxygen atoms in total. The van der Waals surface area contributed by atoms with Crippen LogP contribution in [0.15, 0.2) is 48.5 Å². The molecule has 0 spiro atoms. The Hall–Kier alpha value is -2.31. The second kappa shape index (κ2) is 8.59. The number of methoxy groups -OCH3 is 1. The van der Waals surface area contributed by atoms with E-state index < -0.39 is 0 Å². The van der Waals surface area contributed by atoms with E-state index in [2.05, 4.69) is 31.3 Å². The van der Waals surface area contributed by atoms with Crippen LogP contribution in [0.5, 0.6) is 0 Å². The largest absolute Gasteiger partial charge is 0.375 e. The lowest BCUT2D eigenvalue weighted by molar-refractivity contribution is -0.119. The Morgan fingerprint density at radius 2 is 2.00 bits per heavy atom. The molecule has 1 aliphatic rings. The van der Waals surface area contributed by atoms with E-state index in [0.29, 0.717) is 17.4 Å². The van der Waals surface area contributed by atoms with Crippen molar-refractivity contribution in [1.82, 2.24) is 0 Å². The molecule has 0 radical (unpaired) electrons. The van der Waals surface area contributed by atoms with Gasteiger partial charge in [-0.15, -0.1) is 11.8 Å². The van der Waals surface area contributed by atoms with Crippen molar-refractivity contribution < 1.29 is 14.3 Å². The number of benzene rings is 2. The van der Waals surface area contributed by atoms with Crippen LogP contribution in [0.1, 0.15) is 36.3 Å². The molecule has 2 amide bonds. The topological polar surface area (TPSA) is 58.6 Å². The number of carbonyl (C=O) groups excluding carboxylic acids is 2. The van der Waals surface area contributed by atoms with Crippen LogP contribution in [0.3, 0.4) is 0 Å². The maximum atomic E-state index is 12.5. The molecular weight excluding hydrogens is 360 g/mol. The summed E-state index contributed by atoms with van der Waals surface area (Å²) in [6, 6.07) is 15.8. The molecule has 1 atom stereocenters. The second-order valence-corrected chi connectivity index (χ2v) is 7.85. The first-order valence-corrected chi connectivity index (χ1v) is 9.97. The summed E-state index contributed by atoms with van der Waals surface area (Å²) in [7, 11) is 1.49. The molecule has 1 saturated heterocycles. The number of rotatable bonds is 6. The highest BCUT2D eigenvalue weighted by molar-refractivity contribution is 8.00. The molecule has 2 aromatic carbocycles. The normalized spacial score (nSPS) is 16.8. The zero-order valence-corrected chi connectivity index (χ0v) is 16.6. The van der Waals surface area contributed by atoms with Crippen LogP contribution < -0.4 is 10.2 Å². The number of hydrogen-bond acceptors (Lipinski definition) is 4. The third kappa shape index (κ3) is 4.51. The van der Waals surface area contributed by atoms with Crippen LogP contribution in [0.4, 0.5) is 11.4 Å². The highest BCUT2D eigenvalue weighted by Crippen LogP contribution is 2.42. The fourth-order valence-electron chi connectivity index (χ4n) is 3.07. The number of ether oxygens (including phenoxy) is 1. The molecule has 0 saturated carbocycles. The smallest absolute Gasteiger partial charge is 0.250 e. The number of nitrogens with one attached hydrogen (secondary N) is 1. The average Bonchev–Trinajstić information content (AvgIpc) is 3.03. The number of anilines is 2. The lowest BCUT2D eigenvalue weighted by atomic mass is 10.0. The number of thioether (sulfide) groups is 1. The van der Waals surface area contributed by atoms with E-state index in [4.69, 9.17) is 4.74 Å². The maximum absolute atomic E-state index is 12.5. The standard InChI is InChI=1S/C21H24N2O3S/c1-14(2)15-7-9-18(10-8-15)23-20(25)13-27-21(23)16-5-4-6-17(11-16)22-19(24)12-26-3/h4-11,14,21H,12-13H2,1-3H3,(H,22,24). The molecule has 0 bridgehead atoms. The van der Waals surface area contributed by atoms with Crippen LogP contribution in [0, 0.1) is 0 Å². The quantitative estimate of drug-likeness (QED) is 0.812. The SMILES string of the molecule is COCC(=O)Nc1cccc(C2SCC(=O)N2c2ccc(C(C)C)cc2)c1. The second-order valence-electron chi connectivity index (χ2n) is 6.78. The van der Waals surface area contributed by atoms with E-state index in [1.54, 1.807) is 11.8 Å². The van der Waals surface area contributed by atoms with Gasteiger partial charge in [-0.05, 0) is 41.3 Å². The van der Waals surface area contributed by atoms with E-state index >= 15 is 0 Å². The van der Waals surface area contributed by atoms with Gasteiger partial charge in [0.05, 0.1) is 5.75 Å². The molecule has 1 fully saturated rings. The van der Waals surface area contributed by atoms with Gasteiger partial charge in [-0.3, -0.25) is 14.5 Å². The van der Waals surface area contributed by atoms with Crippen molar-refractivity contribution in [2.75, 3.05) is 29.7 Å². The summed E-state index contributed by atoms with van der Waals surface area (Å²) in [5.74, 6) is 0.782.